The van der Waals surface area contributed by atoms with E-state index in [0.29, 0.717) is 6.42 Å². The third-order valence-electron chi connectivity index (χ3n) is 3.98. The van der Waals surface area contributed by atoms with E-state index >= 15 is 0 Å². The molecular weight excluding hydrogens is 326 g/mol. The molecule has 0 bridgehead atoms. The number of carbonyl (C=O) groups is 1. The van der Waals surface area contributed by atoms with Gasteiger partial charge in [-0.15, -0.1) is 0 Å². The number of nitrogens with one attached hydrogen (secondary N) is 1. The van der Waals surface area contributed by atoms with E-state index in [2.05, 4.69) is 29.0 Å². The van der Waals surface area contributed by atoms with Crippen LogP contribution in [0, 0.1) is 0 Å². The first kappa shape index (κ1) is 19.9. The number of benzene rings is 1. The lowest BCUT2D eigenvalue weighted by Gasteiger charge is -2.20. The zero-order valence-corrected chi connectivity index (χ0v) is 15.8. The SMILES string of the molecule is CCCN(CCC)CCCC(=O)Nc1ccc(Oc2ccncc2)cc1. The molecule has 140 valence electrons. The standard InChI is InChI=1S/C21H29N3O2/c1-3-15-24(16-4-2)17-5-6-21(25)23-18-7-9-19(10-8-18)26-20-11-13-22-14-12-20/h7-14H,3-6,15-17H2,1-2H3,(H,23,25). The Morgan fingerprint density at radius 3 is 2.19 bits per heavy atom. The van der Waals surface area contributed by atoms with E-state index in [9.17, 15) is 4.79 Å². The summed E-state index contributed by atoms with van der Waals surface area (Å²) in [5.74, 6) is 1.52. The van der Waals surface area contributed by atoms with Crippen molar-refractivity contribution < 1.29 is 9.53 Å². The van der Waals surface area contributed by atoms with Gasteiger partial charge in [-0.2, -0.15) is 0 Å². The van der Waals surface area contributed by atoms with Crippen LogP contribution in [0.3, 0.4) is 0 Å². The van der Waals surface area contributed by atoms with Crippen LogP contribution in [0.4, 0.5) is 5.69 Å². The molecule has 0 aliphatic heterocycles. The van der Waals surface area contributed by atoms with Gasteiger partial charge in [-0.1, -0.05) is 13.8 Å². The van der Waals surface area contributed by atoms with E-state index in [1.165, 1.54) is 0 Å². The number of pyridine rings is 1. The number of anilines is 1. The largest absolute Gasteiger partial charge is 0.457 e. The quantitative estimate of drug-likeness (QED) is 0.634. The first-order valence-electron chi connectivity index (χ1n) is 9.41. The van der Waals surface area contributed by atoms with E-state index < -0.39 is 0 Å². The lowest BCUT2D eigenvalue weighted by Crippen LogP contribution is -2.27. The summed E-state index contributed by atoms with van der Waals surface area (Å²) in [6.07, 6.45) is 7.10. The number of nitrogens with zero attached hydrogens (tertiary/aromatic N) is 2. The fraction of sp³-hybridized carbons (Fsp3) is 0.429. The number of aromatic nitrogens is 1. The van der Waals surface area contributed by atoms with Crippen molar-refractivity contribution in [1.29, 1.82) is 0 Å². The van der Waals surface area contributed by atoms with Crippen LogP contribution in [0.15, 0.2) is 48.8 Å². The topological polar surface area (TPSA) is 54.5 Å². The molecule has 2 aromatic rings. The molecular formula is C21H29N3O2. The van der Waals surface area contributed by atoms with Gasteiger partial charge in [0.1, 0.15) is 11.5 Å². The van der Waals surface area contributed by atoms with Crippen molar-refractivity contribution in [1.82, 2.24) is 9.88 Å². The Kier molecular flexibility index (Phi) is 8.63. The lowest BCUT2D eigenvalue weighted by molar-refractivity contribution is -0.116. The molecule has 0 fully saturated rings. The van der Waals surface area contributed by atoms with Crippen LogP contribution in [0.5, 0.6) is 11.5 Å². The molecule has 0 unspecified atom stereocenters. The highest BCUT2D eigenvalue weighted by molar-refractivity contribution is 5.90. The number of amides is 1. The van der Waals surface area contributed by atoms with E-state index in [4.69, 9.17) is 4.74 Å². The fourth-order valence-electron chi connectivity index (χ4n) is 2.80. The second kappa shape index (κ2) is 11.3. The predicted molar refractivity (Wildman–Crippen MR) is 106 cm³/mol. The Morgan fingerprint density at radius 1 is 0.962 bits per heavy atom. The minimum atomic E-state index is 0.0562. The molecule has 1 heterocycles. The Hall–Kier alpha value is -2.40. The molecule has 1 amide bonds. The van der Waals surface area contributed by atoms with Crippen molar-refractivity contribution >= 4 is 11.6 Å². The molecule has 0 saturated heterocycles. The zero-order valence-electron chi connectivity index (χ0n) is 15.8. The van der Waals surface area contributed by atoms with Crippen LogP contribution in [0.2, 0.25) is 0 Å². The van der Waals surface area contributed by atoms with E-state index in [0.717, 1.165) is 56.1 Å². The van der Waals surface area contributed by atoms with Gasteiger partial charge in [0.25, 0.3) is 0 Å². The molecule has 0 aliphatic carbocycles. The molecule has 2 rings (SSSR count). The van der Waals surface area contributed by atoms with Crippen LogP contribution in [-0.2, 0) is 4.79 Å². The number of hydrogen-bond donors (Lipinski definition) is 1. The molecule has 1 aromatic heterocycles. The third-order valence-corrected chi connectivity index (χ3v) is 3.98. The number of carbonyl (C=O) groups excluding carboxylic acids is 1. The van der Waals surface area contributed by atoms with Gasteiger partial charge in [-0.3, -0.25) is 9.78 Å². The van der Waals surface area contributed by atoms with Gasteiger partial charge in [0.15, 0.2) is 0 Å². The Labute approximate surface area is 156 Å². The van der Waals surface area contributed by atoms with Crippen molar-refractivity contribution in [2.45, 2.75) is 39.5 Å². The second-order valence-electron chi connectivity index (χ2n) is 6.30. The van der Waals surface area contributed by atoms with Crippen molar-refractivity contribution in [3.05, 3.63) is 48.8 Å². The van der Waals surface area contributed by atoms with Crippen LogP contribution in [-0.4, -0.2) is 35.4 Å². The average Bonchev–Trinajstić information content (AvgIpc) is 2.64. The average molecular weight is 355 g/mol. The summed E-state index contributed by atoms with van der Waals surface area (Å²) >= 11 is 0. The molecule has 26 heavy (non-hydrogen) atoms. The first-order chi connectivity index (χ1) is 12.7. The van der Waals surface area contributed by atoms with E-state index in [-0.39, 0.29) is 5.91 Å². The van der Waals surface area contributed by atoms with Crippen LogP contribution < -0.4 is 10.1 Å². The Balaban J connectivity index is 1.74. The second-order valence-corrected chi connectivity index (χ2v) is 6.30. The van der Waals surface area contributed by atoms with Gasteiger partial charge in [0, 0.05) is 24.5 Å². The molecule has 0 atom stereocenters. The fourth-order valence-corrected chi connectivity index (χ4v) is 2.80. The summed E-state index contributed by atoms with van der Waals surface area (Å²) in [5, 5.41) is 2.95. The van der Waals surface area contributed by atoms with Gasteiger partial charge in [-0.05, 0) is 75.3 Å². The van der Waals surface area contributed by atoms with Gasteiger partial charge >= 0.3 is 0 Å². The molecule has 1 N–H and O–H groups in total. The molecule has 0 aliphatic rings. The van der Waals surface area contributed by atoms with E-state index in [1.807, 2.05) is 24.3 Å². The predicted octanol–water partition coefficient (Wildman–Crippen LogP) is 4.71. The first-order valence-corrected chi connectivity index (χ1v) is 9.41. The minimum absolute atomic E-state index is 0.0562. The third kappa shape index (κ3) is 7.23. The normalized spacial score (nSPS) is 10.7. The maximum atomic E-state index is 12.1. The van der Waals surface area contributed by atoms with Gasteiger partial charge in [0.2, 0.25) is 5.91 Å². The maximum Gasteiger partial charge on any atom is 0.224 e. The summed E-state index contributed by atoms with van der Waals surface area (Å²) in [7, 11) is 0. The molecule has 0 saturated carbocycles. The van der Waals surface area contributed by atoms with Gasteiger partial charge in [0.05, 0.1) is 0 Å². The Morgan fingerprint density at radius 2 is 1.58 bits per heavy atom. The van der Waals surface area contributed by atoms with Gasteiger partial charge in [-0.25, -0.2) is 0 Å². The summed E-state index contributed by atoms with van der Waals surface area (Å²) in [6, 6.07) is 11.0. The van der Waals surface area contributed by atoms with Crippen molar-refractivity contribution in [2.75, 3.05) is 25.0 Å². The molecule has 0 radical (unpaired) electrons. The summed E-state index contributed by atoms with van der Waals surface area (Å²) in [5.41, 5.74) is 0.788. The number of ether oxygens (including phenoxy) is 1. The minimum Gasteiger partial charge on any atom is -0.457 e. The summed E-state index contributed by atoms with van der Waals surface area (Å²) < 4.78 is 5.72. The highest BCUT2D eigenvalue weighted by atomic mass is 16.5. The van der Waals surface area contributed by atoms with Crippen LogP contribution in [0.1, 0.15) is 39.5 Å². The molecule has 0 spiro atoms. The van der Waals surface area contributed by atoms with Crippen LogP contribution >= 0.6 is 0 Å². The Bertz CT molecular complexity index is 638. The highest BCUT2D eigenvalue weighted by Gasteiger charge is 2.06. The monoisotopic (exact) mass is 355 g/mol. The maximum absolute atomic E-state index is 12.1. The molecule has 1 aromatic carbocycles. The van der Waals surface area contributed by atoms with E-state index in [1.54, 1.807) is 24.5 Å². The smallest absolute Gasteiger partial charge is 0.224 e. The van der Waals surface area contributed by atoms with Crippen LogP contribution in [0.25, 0.3) is 0 Å². The highest BCUT2D eigenvalue weighted by Crippen LogP contribution is 2.22. The number of hydrogen-bond acceptors (Lipinski definition) is 4. The lowest BCUT2D eigenvalue weighted by atomic mass is 10.2. The van der Waals surface area contributed by atoms with Crippen molar-refractivity contribution in [3.8, 4) is 11.5 Å². The number of rotatable bonds is 11. The summed E-state index contributed by atoms with van der Waals surface area (Å²) in [4.78, 5) is 18.5. The van der Waals surface area contributed by atoms with Crippen molar-refractivity contribution in [3.63, 3.8) is 0 Å². The zero-order chi connectivity index (χ0) is 18.6. The molecule has 5 heteroatoms. The molecule has 5 nitrogen and oxygen atoms in total. The van der Waals surface area contributed by atoms with Crippen molar-refractivity contribution in [2.24, 2.45) is 0 Å². The van der Waals surface area contributed by atoms with Gasteiger partial charge < -0.3 is 15.0 Å². The summed E-state index contributed by atoms with van der Waals surface area (Å²) in [6.45, 7) is 7.57.